The first-order valence-corrected chi connectivity index (χ1v) is 7.60. The van der Waals surface area contributed by atoms with Crippen molar-refractivity contribution < 1.29 is 4.74 Å². The van der Waals surface area contributed by atoms with E-state index in [4.69, 9.17) is 16.3 Å². The second-order valence-electron chi connectivity index (χ2n) is 5.47. The van der Waals surface area contributed by atoms with E-state index in [1.54, 1.807) is 7.11 Å². The van der Waals surface area contributed by atoms with Crippen LogP contribution in [0.25, 0.3) is 0 Å². The van der Waals surface area contributed by atoms with Gasteiger partial charge in [-0.25, -0.2) is 0 Å². The van der Waals surface area contributed by atoms with Crippen molar-refractivity contribution in [2.24, 2.45) is 5.92 Å². The molecule has 2 aromatic rings. The summed E-state index contributed by atoms with van der Waals surface area (Å²) in [7, 11) is 1.71. The predicted octanol–water partition coefficient (Wildman–Crippen LogP) is 4.84. The molecule has 0 amide bonds. The monoisotopic (exact) mass is 303 g/mol. The van der Waals surface area contributed by atoms with Gasteiger partial charge < -0.3 is 10.1 Å². The normalized spacial score (nSPS) is 12.4. The molecule has 112 valence electrons. The van der Waals surface area contributed by atoms with Gasteiger partial charge in [-0.3, -0.25) is 0 Å². The summed E-state index contributed by atoms with van der Waals surface area (Å²) in [6, 6.07) is 16.4. The fourth-order valence-electron chi connectivity index (χ4n) is 2.48. The lowest BCUT2D eigenvalue weighted by molar-refractivity contribution is 0.389. The number of hydrogen-bond donors (Lipinski definition) is 1. The Hall–Kier alpha value is -1.51. The van der Waals surface area contributed by atoms with Gasteiger partial charge in [0.05, 0.1) is 7.11 Å². The van der Waals surface area contributed by atoms with E-state index in [9.17, 15) is 0 Å². The molecule has 0 heterocycles. The van der Waals surface area contributed by atoms with E-state index in [0.29, 0.717) is 5.92 Å². The van der Waals surface area contributed by atoms with E-state index in [-0.39, 0.29) is 6.04 Å². The third-order valence-corrected chi connectivity index (χ3v) is 3.85. The number of benzene rings is 2. The zero-order chi connectivity index (χ0) is 15.2. The van der Waals surface area contributed by atoms with E-state index >= 15 is 0 Å². The highest BCUT2D eigenvalue weighted by Gasteiger charge is 2.15. The van der Waals surface area contributed by atoms with Gasteiger partial charge in [-0.1, -0.05) is 55.8 Å². The van der Waals surface area contributed by atoms with Crippen molar-refractivity contribution in [2.75, 3.05) is 7.11 Å². The quantitative estimate of drug-likeness (QED) is 0.825. The lowest BCUT2D eigenvalue weighted by Crippen LogP contribution is -2.25. The van der Waals surface area contributed by atoms with Crippen molar-refractivity contribution in [1.82, 2.24) is 5.32 Å². The van der Waals surface area contributed by atoms with Crippen LogP contribution in [-0.4, -0.2) is 7.11 Å². The lowest BCUT2D eigenvalue weighted by Gasteiger charge is -2.23. The van der Waals surface area contributed by atoms with Crippen LogP contribution in [0.3, 0.4) is 0 Å². The first-order valence-electron chi connectivity index (χ1n) is 7.22. The number of ether oxygens (including phenoxy) is 1. The van der Waals surface area contributed by atoms with E-state index in [0.717, 1.165) is 17.3 Å². The van der Waals surface area contributed by atoms with Crippen molar-refractivity contribution in [3.8, 4) is 5.75 Å². The van der Waals surface area contributed by atoms with Crippen molar-refractivity contribution in [1.29, 1.82) is 0 Å². The van der Waals surface area contributed by atoms with Crippen LogP contribution >= 0.6 is 11.6 Å². The maximum atomic E-state index is 5.97. The van der Waals surface area contributed by atoms with Crippen molar-refractivity contribution in [3.05, 3.63) is 64.7 Å². The molecular formula is C18H22ClNO. The van der Waals surface area contributed by atoms with Crippen LogP contribution < -0.4 is 10.1 Å². The smallest absolute Gasteiger partial charge is 0.123 e. The van der Waals surface area contributed by atoms with Gasteiger partial charge in [-0.2, -0.15) is 0 Å². The fourth-order valence-corrected chi connectivity index (χ4v) is 2.60. The number of para-hydroxylation sites is 1. The van der Waals surface area contributed by atoms with Crippen LogP contribution in [0, 0.1) is 5.92 Å². The molecule has 0 aliphatic heterocycles. The second kappa shape index (κ2) is 7.48. The number of methoxy groups -OCH3 is 1. The average Bonchev–Trinajstić information content (AvgIpc) is 2.49. The van der Waals surface area contributed by atoms with Gasteiger partial charge in [0.15, 0.2) is 0 Å². The van der Waals surface area contributed by atoms with Crippen LogP contribution in [0.1, 0.15) is 31.0 Å². The number of nitrogens with one attached hydrogen (secondary N) is 1. The zero-order valence-corrected chi connectivity index (χ0v) is 13.5. The molecule has 0 saturated carbocycles. The summed E-state index contributed by atoms with van der Waals surface area (Å²) < 4.78 is 5.40. The molecule has 0 aliphatic rings. The third kappa shape index (κ3) is 4.23. The van der Waals surface area contributed by atoms with Crippen LogP contribution in [-0.2, 0) is 6.54 Å². The summed E-state index contributed by atoms with van der Waals surface area (Å²) >= 11 is 5.97. The Balaban J connectivity index is 2.12. The third-order valence-electron chi connectivity index (χ3n) is 3.60. The molecule has 2 nitrogen and oxygen atoms in total. The zero-order valence-electron chi connectivity index (χ0n) is 12.8. The molecule has 2 rings (SSSR count). The SMILES string of the molecule is COc1ccccc1CNC(c1ccc(Cl)cc1)C(C)C. The van der Waals surface area contributed by atoms with E-state index in [1.807, 2.05) is 30.3 Å². The van der Waals surface area contributed by atoms with Gasteiger partial charge in [-0.15, -0.1) is 0 Å². The average molecular weight is 304 g/mol. The van der Waals surface area contributed by atoms with Crippen molar-refractivity contribution >= 4 is 11.6 Å². The highest BCUT2D eigenvalue weighted by atomic mass is 35.5. The Kier molecular flexibility index (Phi) is 5.66. The minimum atomic E-state index is 0.284. The molecule has 0 aromatic heterocycles. The van der Waals surface area contributed by atoms with Crippen molar-refractivity contribution in [2.45, 2.75) is 26.4 Å². The van der Waals surface area contributed by atoms with Gasteiger partial charge in [0.1, 0.15) is 5.75 Å². The maximum absolute atomic E-state index is 5.97. The predicted molar refractivity (Wildman–Crippen MR) is 88.9 cm³/mol. The number of hydrogen-bond acceptors (Lipinski definition) is 2. The van der Waals surface area contributed by atoms with Crippen LogP contribution in [0.15, 0.2) is 48.5 Å². The molecule has 1 atom stereocenters. The van der Waals surface area contributed by atoms with Gasteiger partial charge in [0, 0.05) is 23.2 Å². The fraction of sp³-hybridized carbons (Fsp3) is 0.333. The molecule has 3 heteroatoms. The molecule has 0 bridgehead atoms. The Bertz CT molecular complexity index is 566. The Morgan fingerprint density at radius 1 is 1.05 bits per heavy atom. The Labute approximate surface area is 132 Å². The lowest BCUT2D eigenvalue weighted by atomic mass is 9.96. The Morgan fingerprint density at radius 2 is 1.71 bits per heavy atom. The molecule has 21 heavy (non-hydrogen) atoms. The molecule has 2 aromatic carbocycles. The highest BCUT2D eigenvalue weighted by molar-refractivity contribution is 6.30. The largest absolute Gasteiger partial charge is 0.496 e. The molecule has 0 fully saturated rings. The van der Waals surface area contributed by atoms with E-state index in [2.05, 4.69) is 37.4 Å². The van der Waals surface area contributed by atoms with Gasteiger partial charge in [-0.05, 0) is 29.7 Å². The minimum Gasteiger partial charge on any atom is -0.496 e. The molecule has 0 aliphatic carbocycles. The summed E-state index contributed by atoms with van der Waals surface area (Å²) in [4.78, 5) is 0. The summed E-state index contributed by atoms with van der Waals surface area (Å²) in [5, 5.41) is 4.39. The molecule has 0 radical (unpaired) electrons. The molecule has 1 N–H and O–H groups in total. The standard InChI is InChI=1S/C18H22ClNO/c1-13(2)18(14-8-10-16(19)11-9-14)20-12-15-6-4-5-7-17(15)21-3/h4-11,13,18,20H,12H2,1-3H3. The highest BCUT2D eigenvalue weighted by Crippen LogP contribution is 2.25. The summed E-state index contributed by atoms with van der Waals surface area (Å²) in [6.07, 6.45) is 0. The first kappa shape index (κ1) is 15.9. The maximum Gasteiger partial charge on any atom is 0.123 e. The van der Waals surface area contributed by atoms with Gasteiger partial charge >= 0.3 is 0 Å². The van der Waals surface area contributed by atoms with Gasteiger partial charge in [0.2, 0.25) is 0 Å². The topological polar surface area (TPSA) is 21.3 Å². The number of halogens is 1. The molecular weight excluding hydrogens is 282 g/mol. The van der Waals surface area contributed by atoms with E-state index in [1.165, 1.54) is 11.1 Å². The summed E-state index contributed by atoms with van der Waals surface area (Å²) in [5.41, 5.74) is 2.42. The Morgan fingerprint density at radius 3 is 2.33 bits per heavy atom. The molecule has 0 spiro atoms. The first-order chi connectivity index (χ1) is 10.1. The van der Waals surface area contributed by atoms with Crippen LogP contribution in [0.2, 0.25) is 5.02 Å². The molecule has 0 saturated heterocycles. The molecule has 1 unspecified atom stereocenters. The summed E-state index contributed by atoms with van der Waals surface area (Å²) in [5.74, 6) is 1.41. The number of rotatable bonds is 6. The van der Waals surface area contributed by atoms with Crippen LogP contribution in [0.5, 0.6) is 5.75 Å². The van der Waals surface area contributed by atoms with Crippen LogP contribution in [0.4, 0.5) is 0 Å². The second-order valence-corrected chi connectivity index (χ2v) is 5.90. The van der Waals surface area contributed by atoms with Gasteiger partial charge in [0.25, 0.3) is 0 Å². The van der Waals surface area contributed by atoms with Crippen molar-refractivity contribution in [3.63, 3.8) is 0 Å². The minimum absolute atomic E-state index is 0.284. The summed E-state index contributed by atoms with van der Waals surface area (Å²) in [6.45, 7) is 5.21. The van der Waals surface area contributed by atoms with E-state index < -0.39 is 0 Å².